The lowest BCUT2D eigenvalue weighted by Crippen LogP contribution is -2.46. The number of nitrogens with one attached hydrogen (secondary N) is 1. The van der Waals surface area contributed by atoms with E-state index in [1.807, 2.05) is 12.2 Å². The highest BCUT2D eigenvalue weighted by atomic mass is 16.5. The molecule has 0 aliphatic rings. The monoisotopic (exact) mass is 894 g/mol. The van der Waals surface area contributed by atoms with E-state index in [0.717, 1.165) is 96.3 Å². The van der Waals surface area contributed by atoms with E-state index < -0.39 is 18.2 Å². The average Bonchev–Trinajstić information content (AvgIpc) is 3.29. The van der Waals surface area contributed by atoms with Crippen molar-refractivity contribution >= 4 is 11.9 Å². The van der Waals surface area contributed by atoms with Crippen LogP contribution < -0.4 is 5.32 Å². The fraction of sp³-hybridized carbons (Fsp3) is 0.759. The van der Waals surface area contributed by atoms with E-state index in [-0.39, 0.29) is 24.9 Å². The van der Waals surface area contributed by atoms with Gasteiger partial charge < -0.3 is 20.3 Å². The molecule has 0 fully saturated rings. The maximum absolute atomic E-state index is 13.2. The summed E-state index contributed by atoms with van der Waals surface area (Å²) >= 11 is 0. The van der Waals surface area contributed by atoms with Crippen LogP contribution in [0.2, 0.25) is 0 Å². The van der Waals surface area contributed by atoms with Gasteiger partial charge in [0.15, 0.2) is 0 Å². The van der Waals surface area contributed by atoms with Gasteiger partial charge in [0.05, 0.1) is 25.2 Å². The van der Waals surface area contributed by atoms with Gasteiger partial charge in [-0.25, -0.2) is 0 Å². The maximum Gasteiger partial charge on any atom is 0.306 e. The number of aliphatic hydroxyl groups excluding tert-OH is 2. The molecule has 3 N–H and O–H groups in total. The second-order valence-corrected chi connectivity index (χ2v) is 18.3. The third-order valence-corrected chi connectivity index (χ3v) is 12.1. The predicted molar refractivity (Wildman–Crippen MR) is 278 cm³/mol. The molecule has 0 rings (SSSR count). The zero-order valence-electron chi connectivity index (χ0n) is 42.1. The van der Waals surface area contributed by atoms with Gasteiger partial charge in [-0.1, -0.05) is 235 Å². The van der Waals surface area contributed by atoms with Crippen molar-refractivity contribution in [1.82, 2.24) is 5.32 Å². The van der Waals surface area contributed by atoms with Gasteiger partial charge >= 0.3 is 5.97 Å². The molecule has 0 aromatic rings. The summed E-state index contributed by atoms with van der Waals surface area (Å²) in [6, 6.07) is -0.721. The first-order chi connectivity index (χ1) is 31.5. The molecule has 0 aromatic carbocycles. The van der Waals surface area contributed by atoms with Gasteiger partial charge in [-0.15, -0.1) is 0 Å². The molecule has 370 valence electrons. The summed E-state index contributed by atoms with van der Waals surface area (Å²) in [6.45, 7) is 6.32. The van der Waals surface area contributed by atoms with Crippen LogP contribution in [-0.4, -0.2) is 46.9 Å². The van der Waals surface area contributed by atoms with Gasteiger partial charge in [0.2, 0.25) is 5.91 Å². The third kappa shape index (κ3) is 45.9. The van der Waals surface area contributed by atoms with E-state index in [9.17, 15) is 19.8 Å². The van der Waals surface area contributed by atoms with Gasteiger partial charge in [0.1, 0.15) is 6.10 Å². The Morgan fingerprint density at radius 1 is 0.484 bits per heavy atom. The number of aliphatic hydroxyl groups is 2. The number of carbonyl (C=O) groups excluding carboxylic acids is 2. The molecule has 64 heavy (non-hydrogen) atoms. The Kier molecular flexibility index (Phi) is 49.1. The number of hydrogen-bond acceptors (Lipinski definition) is 5. The van der Waals surface area contributed by atoms with Gasteiger partial charge in [-0.2, -0.15) is 0 Å². The molecule has 6 nitrogen and oxygen atoms in total. The molecule has 3 unspecified atom stereocenters. The molecule has 0 radical (unpaired) electrons. The fourth-order valence-electron chi connectivity index (χ4n) is 7.97. The normalized spacial score (nSPS) is 13.8. The largest absolute Gasteiger partial charge is 0.462 e. The van der Waals surface area contributed by atoms with Gasteiger partial charge in [-0.05, 0) is 83.5 Å². The highest BCUT2D eigenvalue weighted by Crippen LogP contribution is 2.18. The maximum atomic E-state index is 13.2. The van der Waals surface area contributed by atoms with Crippen LogP contribution in [0.1, 0.15) is 258 Å². The zero-order chi connectivity index (χ0) is 46.7. The quantitative estimate of drug-likeness (QED) is 0.0245. The number of esters is 1. The van der Waals surface area contributed by atoms with Crippen LogP contribution in [-0.2, 0) is 14.3 Å². The van der Waals surface area contributed by atoms with E-state index in [4.69, 9.17) is 4.74 Å². The van der Waals surface area contributed by atoms with Gasteiger partial charge in [-0.3, -0.25) is 9.59 Å². The Morgan fingerprint density at radius 2 is 0.906 bits per heavy atom. The Labute approximate surface area is 396 Å². The van der Waals surface area contributed by atoms with E-state index >= 15 is 0 Å². The molecule has 3 atom stereocenters. The molecular weight excluding hydrogens is 791 g/mol. The summed E-state index contributed by atoms with van der Waals surface area (Å²) < 4.78 is 5.91. The number of hydrogen-bond donors (Lipinski definition) is 3. The second kappa shape index (κ2) is 51.3. The molecular formula is C58H103NO5. The van der Waals surface area contributed by atoms with Crippen molar-refractivity contribution in [3.8, 4) is 0 Å². The van der Waals surface area contributed by atoms with E-state index in [0.29, 0.717) is 19.3 Å². The summed E-state index contributed by atoms with van der Waals surface area (Å²) in [6.07, 6.45) is 65.4. The summed E-state index contributed by atoms with van der Waals surface area (Å²) in [5.74, 6) is -0.534. The lowest BCUT2D eigenvalue weighted by Gasteiger charge is -2.24. The molecule has 0 aliphatic carbocycles. The van der Waals surface area contributed by atoms with Crippen LogP contribution >= 0.6 is 0 Å². The van der Waals surface area contributed by atoms with Crippen LogP contribution in [0, 0.1) is 0 Å². The minimum absolute atomic E-state index is 0.0430. The van der Waals surface area contributed by atoms with Crippen molar-refractivity contribution in [2.75, 3.05) is 6.61 Å². The molecule has 6 heteroatoms. The number of rotatable bonds is 48. The summed E-state index contributed by atoms with van der Waals surface area (Å²) in [4.78, 5) is 26.2. The first kappa shape index (κ1) is 61.3. The SMILES string of the molecule is CC/C=C/C=C/C=C\CCCCCC(CC(=O)NC(CO)C(O)CCCCCCCCCCCCCCCCCCC)OC(=O)CCCCCC/C=C\C/C=C\C/C=C\CCCCC. The van der Waals surface area contributed by atoms with Crippen LogP contribution in [0.25, 0.3) is 0 Å². The number of ether oxygens (including phenoxy) is 1. The van der Waals surface area contributed by atoms with Crippen molar-refractivity contribution < 1.29 is 24.5 Å². The lowest BCUT2D eigenvalue weighted by atomic mass is 10.0. The minimum atomic E-state index is -0.804. The van der Waals surface area contributed by atoms with Crippen molar-refractivity contribution in [2.45, 2.75) is 277 Å². The average molecular weight is 894 g/mol. The van der Waals surface area contributed by atoms with Crippen LogP contribution in [0.5, 0.6) is 0 Å². The summed E-state index contributed by atoms with van der Waals surface area (Å²) in [7, 11) is 0. The molecule has 0 saturated carbocycles. The topological polar surface area (TPSA) is 95.9 Å². The number of amides is 1. The molecule has 0 aromatic heterocycles. The zero-order valence-corrected chi connectivity index (χ0v) is 42.1. The Morgan fingerprint density at radius 3 is 1.45 bits per heavy atom. The van der Waals surface area contributed by atoms with E-state index in [1.54, 1.807) is 0 Å². The third-order valence-electron chi connectivity index (χ3n) is 12.1. The number of allylic oxidation sites excluding steroid dienone is 12. The Bertz CT molecular complexity index is 1190. The van der Waals surface area contributed by atoms with Gasteiger partial charge in [0, 0.05) is 6.42 Å². The Balaban J connectivity index is 4.54. The van der Waals surface area contributed by atoms with Crippen molar-refractivity contribution in [1.29, 1.82) is 0 Å². The second-order valence-electron chi connectivity index (χ2n) is 18.3. The smallest absolute Gasteiger partial charge is 0.306 e. The molecule has 0 spiro atoms. The van der Waals surface area contributed by atoms with Gasteiger partial charge in [0.25, 0.3) is 0 Å². The van der Waals surface area contributed by atoms with E-state index in [1.165, 1.54) is 116 Å². The fourth-order valence-corrected chi connectivity index (χ4v) is 7.97. The minimum Gasteiger partial charge on any atom is -0.462 e. The first-order valence-electron chi connectivity index (χ1n) is 27.2. The standard InChI is InChI=1S/C58H103NO5/c1-4-7-10-13-16-19-22-24-26-28-30-32-35-38-41-44-47-50-56(61)55(53-60)59-57(62)52-54(49-46-43-40-37-34-21-18-15-12-9-6-3)64-58(63)51-48-45-42-39-36-33-31-29-27-25-23-20-17-14-11-8-5-2/h9,12,15,17-18,20-21,25,27,31,33-34,54-56,60-61H,4-8,10-11,13-14,16,19,22-24,26,28-30,32,35-53H2,1-3H3,(H,59,62)/b12-9+,18-15+,20-17-,27-25-,33-31-,34-21-. The Hall–Kier alpha value is -2.70. The predicted octanol–water partition coefficient (Wildman–Crippen LogP) is 16.6. The molecule has 0 heterocycles. The highest BCUT2D eigenvalue weighted by Gasteiger charge is 2.24. The lowest BCUT2D eigenvalue weighted by molar-refractivity contribution is -0.151. The molecule has 0 saturated heterocycles. The first-order valence-corrected chi connectivity index (χ1v) is 27.2. The highest BCUT2D eigenvalue weighted by molar-refractivity contribution is 5.77. The van der Waals surface area contributed by atoms with Crippen LogP contribution in [0.4, 0.5) is 0 Å². The van der Waals surface area contributed by atoms with Crippen LogP contribution in [0.3, 0.4) is 0 Å². The molecule has 1 amide bonds. The van der Waals surface area contributed by atoms with Crippen molar-refractivity contribution in [3.05, 3.63) is 72.9 Å². The van der Waals surface area contributed by atoms with Crippen molar-refractivity contribution in [3.63, 3.8) is 0 Å². The molecule has 0 aliphatic heterocycles. The van der Waals surface area contributed by atoms with Crippen LogP contribution in [0.15, 0.2) is 72.9 Å². The van der Waals surface area contributed by atoms with Crippen molar-refractivity contribution in [2.24, 2.45) is 0 Å². The molecule has 0 bridgehead atoms. The summed E-state index contributed by atoms with van der Waals surface area (Å²) in [5.41, 5.74) is 0. The summed E-state index contributed by atoms with van der Waals surface area (Å²) in [5, 5.41) is 23.8. The number of carbonyl (C=O) groups is 2. The number of unbranched alkanes of at least 4 members (excludes halogenated alkanes) is 26. The van der Waals surface area contributed by atoms with E-state index in [2.05, 4.69) is 86.8 Å².